The van der Waals surface area contributed by atoms with Gasteiger partial charge in [-0.3, -0.25) is 0 Å². The highest BCUT2D eigenvalue weighted by Crippen LogP contribution is 2.19. The van der Waals surface area contributed by atoms with Gasteiger partial charge in [-0.15, -0.1) is 0 Å². The molecule has 2 aromatic carbocycles. The summed E-state index contributed by atoms with van der Waals surface area (Å²) in [6.45, 7) is 4.19. The number of benzene rings is 2. The molecule has 1 unspecified atom stereocenters. The summed E-state index contributed by atoms with van der Waals surface area (Å²) in [6, 6.07) is 19.4. The van der Waals surface area contributed by atoms with Gasteiger partial charge in [0.25, 0.3) is 0 Å². The van der Waals surface area contributed by atoms with E-state index in [2.05, 4.69) is 32.1 Å². The van der Waals surface area contributed by atoms with Crippen LogP contribution >= 0.6 is 0 Å². The first-order chi connectivity index (χ1) is 11.2. The van der Waals surface area contributed by atoms with Crippen LogP contribution < -0.4 is 0 Å². The lowest BCUT2D eigenvalue weighted by atomic mass is 10.0. The average Bonchev–Trinajstić information content (AvgIpc) is 2.61. The summed E-state index contributed by atoms with van der Waals surface area (Å²) in [5, 5.41) is 0. The van der Waals surface area contributed by atoms with Crippen LogP contribution in [0.3, 0.4) is 0 Å². The number of carbonyl (C=O) groups is 1. The van der Waals surface area contributed by atoms with Crippen molar-refractivity contribution >= 4 is 12.0 Å². The largest absolute Gasteiger partial charge is 0.458 e. The highest BCUT2D eigenvalue weighted by atomic mass is 16.5. The third-order valence-corrected chi connectivity index (χ3v) is 3.85. The molecule has 120 valence electrons. The first-order valence-corrected chi connectivity index (χ1v) is 8.23. The van der Waals surface area contributed by atoms with Crippen LogP contribution in [-0.2, 0) is 4.74 Å². The maximum atomic E-state index is 12.2. The molecule has 0 amide bonds. The van der Waals surface area contributed by atoms with E-state index in [0.717, 1.165) is 19.3 Å². The van der Waals surface area contributed by atoms with Crippen molar-refractivity contribution in [3.05, 3.63) is 77.4 Å². The molecule has 0 saturated heterocycles. The maximum absolute atomic E-state index is 12.2. The zero-order valence-electron chi connectivity index (χ0n) is 13.9. The van der Waals surface area contributed by atoms with Gasteiger partial charge >= 0.3 is 5.97 Å². The Morgan fingerprint density at radius 3 is 2.17 bits per heavy atom. The lowest BCUT2D eigenvalue weighted by Crippen LogP contribution is -2.18. The number of hydrogen-bond donors (Lipinski definition) is 0. The van der Waals surface area contributed by atoms with E-state index in [9.17, 15) is 4.79 Å². The molecule has 0 radical (unpaired) electrons. The number of rotatable bonds is 7. The zero-order chi connectivity index (χ0) is 16.5. The topological polar surface area (TPSA) is 26.3 Å². The molecule has 2 heteroatoms. The predicted molar refractivity (Wildman–Crippen MR) is 95.3 cm³/mol. The second-order valence-corrected chi connectivity index (χ2v) is 5.57. The van der Waals surface area contributed by atoms with E-state index in [1.807, 2.05) is 36.4 Å². The molecule has 0 spiro atoms. The molecule has 2 rings (SSSR count). The molecule has 0 N–H and O–H groups in total. The quantitative estimate of drug-likeness (QED) is 0.631. The third-order valence-electron chi connectivity index (χ3n) is 3.85. The maximum Gasteiger partial charge on any atom is 0.338 e. The number of esters is 1. The molecule has 0 aliphatic carbocycles. The van der Waals surface area contributed by atoms with Gasteiger partial charge in [0.15, 0.2) is 0 Å². The van der Waals surface area contributed by atoms with E-state index in [-0.39, 0.29) is 12.1 Å². The average molecular weight is 308 g/mol. The standard InChI is InChI=1S/C21H24O2/c1-3-17(15-18-11-7-5-8-12-18)16-20(4-2)23-21(22)19-13-9-6-10-14-19/h5-15,20H,3-4,16H2,1-2H3. The molecular formula is C21H24O2. The molecule has 2 nitrogen and oxygen atoms in total. The Labute approximate surface area is 138 Å². The van der Waals surface area contributed by atoms with Crippen LogP contribution in [0.2, 0.25) is 0 Å². The minimum atomic E-state index is -0.243. The fourth-order valence-electron chi connectivity index (χ4n) is 2.45. The van der Waals surface area contributed by atoms with Crippen LogP contribution in [-0.4, -0.2) is 12.1 Å². The smallest absolute Gasteiger partial charge is 0.338 e. The van der Waals surface area contributed by atoms with Gasteiger partial charge in [-0.2, -0.15) is 0 Å². The SMILES string of the molecule is CCC(=Cc1ccccc1)CC(CC)OC(=O)c1ccccc1. The van der Waals surface area contributed by atoms with Crippen molar-refractivity contribution in [2.45, 2.75) is 39.2 Å². The second kappa shape index (κ2) is 8.94. The number of carbonyl (C=O) groups excluding carboxylic acids is 1. The molecule has 0 aromatic heterocycles. The highest BCUT2D eigenvalue weighted by molar-refractivity contribution is 5.89. The highest BCUT2D eigenvalue weighted by Gasteiger charge is 2.15. The summed E-state index contributed by atoms with van der Waals surface area (Å²) in [4.78, 5) is 12.2. The molecule has 0 bridgehead atoms. The van der Waals surface area contributed by atoms with Crippen molar-refractivity contribution < 1.29 is 9.53 Å². The van der Waals surface area contributed by atoms with Gasteiger partial charge in [0.1, 0.15) is 6.10 Å². The van der Waals surface area contributed by atoms with Gasteiger partial charge in [-0.1, -0.05) is 74.0 Å². The van der Waals surface area contributed by atoms with Crippen LogP contribution in [0.25, 0.3) is 6.08 Å². The zero-order valence-corrected chi connectivity index (χ0v) is 13.9. The molecular weight excluding hydrogens is 284 g/mol. The first-order valence-electron chi connectivity index (χ1n) is 8.23. The molecule has 0 heterocycles. The van der Waals surface area contributed by atoms with Gasteiger partial charge in [-0.25, -0.2) is 4.79 Å². The van der Waals surface area contributed by atoms with E-state index in [0.29, 0.717) is 5.56 Å². The van der Waals surface area contributed by atoms with Gasteiger partial charge < -0.3 is 4.74 Å². The summed E-state index contributed by atoms with van der Waals surface area (Å²) >= 11 is 0. The molecule has 1 atom stereocenters. The second-order valence-electron chi connectivity index (χ2n) is 5.57. The summed E-state index contributed by atoms with van der Waals surface area (Å²) in [5.74, 6) is -0.243. The summed E-state index contributed by atoms with van der Waals surface area (Å²) in [7, 11) is 0. The van der Waals surface area contributed by atoms with Gasteiger partial charge in [0.05, 0.1) is 5.56 Å². The lowest BCUT2D eigenvalue weighted by Gasteiger charge is -2.18. The van der Waals surface area contributed by atoms with E-state index in [4.69, 9.17) is 4.74 Å². The monoisotopic (exact) mass is 308 g/mol. The molecule has 0 aliphatic heterocycles. The molecule has 0 aliphatic rings. The number of ether oxygens (including phenoxy) is 1. The Morgan fingerprint density at radius 1 is 1.00 bits per heavy atom. The summed E-state index contributed by atoms with van der Waals surface area (Å²) in [6.07, 6.45) is 4.65. The Bertz CT molecular complexity index is 629. The van der Waals surface area contributed by atoms with Crippen molar-refractivity contribution in [1.82, 2.24) is 0 Å². The van der Waals surface area contributed by atoms with E-state index < -0.39 is 0 Å². The van der Waals surface area contributed by atoms with E-state index in [1.54, 1.807) is 12.1 Å². The van der Waals surface area contributed by atoms with Crippen molar-refractivity contribution in [1.29, 1.82) is 0 Å². The van der Waals surface area contributed by atoms with Gasteiger partial charge in [0, 0.05) is 6.42 Å². The van der Waals surface area contributed by atoms with Crippen molar-refractivity contribution in [3.8, 4) is 0 Å². The molecule has 0 fully saturated rings. The normalized spacial score (nSPS) is 12.7. The lowest BCUT2D eigenvalue weighted by molar-refractivity contribution is 0.0293. The Kier molecular flexibility index (Phi) is 6.61. The molecule has 2 aromatic rings. The van der Waals surface area contributed by atoms with Gasteiger partial charge in [-0.05, 0) is 30.5 Å². The Hall–Kier alpha value is -2.35. The van der Waals surface area contributed by atoms with Crippen molar-refractivity contribution in [2.75, 3.05) is 0 Å². The van der Waals surface area contributed by atoms with E-state index in [1.165, 1.54) is 11.1 Å². The first kappa shape index (κ1) is 17.0. The number of hydrogen-bond acceptors (Lipinski definition) is 2. The Balaban J connectivity index is 2.03. The molecule has 0 saturated carbocycles. The fourth-order valence-corrected chi connectivity index (χ4v) is 2.45. The Morgan fingerprint density at radius 2 is 1.61 bits per heavy atom. The fraction of sp³-hybridized carbons (Fsp3) is 0.286. The molecule has 23 heavy (non-hydrogen) atoms. The third kappa shape index (κ3) is 5.41. The van der Waals surface area contributed by atoms with Gasteiger partial charge in [0.2, 0.25) is 0 Å². The van der Waals surface area contributed by atoms with Crippen molar-refractivity contribution in [3.63, 3.8) is 0 Å². The van der Waals surface area contributed by atoms with Crippen molar-refractivity contribution in [2.24, 2.45) is 0 Å². The van der Waals surface area contributed by atoms with Crippen LogP contribution in [0.15, 0.2) is 66.2 Å². The van der Waals surface area contributed by atoms with E-state index >= 15 is 0 Å². The van der Waals surface area contributed by atoms with Crippen LogP contribution in [0.1, 0.15) is 49.0 Å². The van der Waals surface area contributed by atoms with Crippen LogP contribution in [0.4, 0.5) is 0 Å². The minimum Gasteiger partial charge on any atom is -0.458 e. The predicted octanol–water partition coefficient (Wildman–Crippen LogP) is 5.51. The minimum absolute atomic E-state index is 0.0855. The summed E-state index contributed by atoms with van der Waals surface area (Å²) < 4.78 is 5.68. The van der Waals surface area contributed by atoms with Crippen LogP contribution in [0, 0.1) is 0 Å². The van der Waals surface area contributed by atoms with Crippen LogP contribution in [0.5, 0.6) is 0 Å². The summed E-state index contributed by atoms with van der Waals surface area (Å²) in [5.41, 5.74) is 3.09.